The molecule has 3 rings (SSSR count). The number of aryl methyl sites for hydroxylation is 4. The van der Waals surface area contributed by atoms with E-state index in [2.05, 4.69) is 30.9 Å². The van der Waals surface area contributed by atoms with Crippen molar-refractivity contribution >= 4 is 11.7 Å². The van der Waals surface area contributed by atoms with Gasteiger partial charge in [0.2, 0.25) is 5.91 Å². The molecule has 2 N–H and O–H groups in total. The topological polar surface area (TPSA) is 111 Å². The second kappa shape index (κ2) is 8.64. The second-order valence-corrected chi connectivity index (χ2v) is 6.68. The van der Waals surface area contributed by atoms with Crippen LogP contribution in [0, 0.1) is 27.7 Å². The van der Waals surface area contributed by atoms with Gasteiger partial charge in [0.05, 0.1) is 11.4 Å². The van der Waals surface area contributed by atoms with Crippen molar-refractivity contribution in [2.24, 2.45) is 0 Å². The van der Waals surface area contributed by atoms with Crippen molar-refractivity contribution in [2.75, 3.05) is 18.4 Å². The van der Waals surface area contributed by atoms with Gasteiger partial charge in [-0.3, -0.25) is 4.79 Å². The molecule has 1 amide bonds. The van der Waals surface area contributed by atoms with Crippen molar-refractivity contribution in [2.45, 2.75) is 40.5 Å². The Balaban J connectivity index is 1.44. The Morgan fingerprint density at radius 2 is 1.96 bits per heavy atom. The second-order valence-electron chi connectivity index (χ2n) is 6.68. The van der Waals surface area contributed by atoms with Gasteiger partial charge >= 0.3 is 0 Å². The van der Waals surface area contributed by atoms with Crippen LogP contribution in [0.15, 0.2) is 23.0 Å². The lowest BCUT2D eigenvalue weighted by Crippen LogP contribution is -2.29. The summed E-state index contributed by atoms with van der Waals surface area (Å²) in [5.74, 6) is 2.15. The van der Waals surface area contributed by atoms with Gasteiger partial charge in [-0.1, -0.05) is 5.16 Å². The molecule has 0 spiro atoms. The van der Waals surface area contributed by atoms with E-state index >= 15 is 0 Å². The third-order valence-corrected chi connectivity index (χ3v) is 4.42. The highest BCUT2D eigenvalue weighted by atomic mass is 16.5. The highest BCUT2D eigenvalue weighted by Gasteiger charge is 2.11. The van der Waals surface area contributed by atoms with Gasteiger partial charge in [-0.2, -0.15) is 5.10 Å². The van der Waals surface area contributed by atoms with E-state index < -0.39 is 0 Å². The molecule has 3 aromatic heterocycles. The van der Waals surface area contributed by atoms with Crippen molar-refractivity contribution in [3.05, 3.63) is 46.9 Å². The number of rotatable bonds is 8. The molecule has 0 unspecified atom stereocenters. The van der Waals surface area contributed by atoms with Crippen LogP contribution in [-0.2, 0) is 11.2 Å². The van der Waals surface area contributed by atoms with Crippen molar-refractivity contribution in [1.29, 1.82) is 0 Å². The molecule has 3 aromatic rings. The number of amides is 1. The van der Waals surface area contributed by atoms with E-state index in [-0.39, 0.29) is 5.91 Å². The maximum atomic E-state index is 12.0. The first-order valence-electron chi connectivity index (χ1n) is 9.22. The van der Waals surface area contributed by atoms with E-state index in [9.17, 15) is 4.79 Å². The van der Waals surface area contributed by atoms with Crippen molar-refractivity contribution in [1.82, 2.24) is 30.2 Å². The van der Waals surface area contributed by atoms with Crippen LogP contribution in [0.4, 0.5) is 5.82 Å². The van der Waals surface area contributed by atoms with Crippen LogP contribution < -0.4 is 10.6 Å². The van der Waals surface area contributed by atoms with Crippen LogP contribution in [-0.4, -0.2) is 43.9 Å². The fourth-order valence-electron chi connectivity index (χ4n) is 3.00. The number of nitrogens with one attached hydrogen (secondary N) is 2. The Morgan fingerprint density at radius 1 is 1.14 bits per heavy atom. The van der Waals surface area contributed by atoms with Crippen molar-refractivity contribution < 1.29 is 9.32 Å². The minimum absolute atomic E-state index is 0.00665. The predicted molar refractivity (Wildman–Crippen MR) is 104 cm³/mol. The van der Waals surface area contributed by atoms with E-state index in [1.165, 1.54) is 6.33 Å². The van der Waals surface area contributed by atoms with E-state index in [0.717, 1.165) is 28.4 Å². The van der Waals surface area contributed by atoms with Crippen LogP contribution in [0.5, 0.6) is 0 Å². The number of nitrogens with zero attached hydrogens (tertiary/aromatic N) is 5. The van der Waals surface area contributed by atoms with Gasteiger partial charge in [-0.15, -0.1) is 0 Å². The predicted octanol–water partition coefficient (Wildman–Crippen LogP) is 2.04. The molecule has 0 atom stereocenters. The summed E-state index contributed by atoms with van der Waals surface area (Å²) in [6, 6.07) is 3.83. The van der Waals surface area contributed by atoms with Gasteiger partial charge < -0.3 is 15.2 Å². The Morgan fingerprint density at radius 3 is 2.64 bits per heavy atom. The van der Waals surface area contributed by atoms with Gasteiger partial charge in [-0.05, 0) is 40.2 Å². The molecule has 9 heteroatoms. The van der Waals surface area contributed by atoms with E-state index in [0.29, 0.717) is 37.6 Å². The highest BCUT2D eigenvalue weighted by molar-refractivity contribution is 5.76. The van der Waals surface area contributed by atoms with E-state index in [1.807, 2.05) is 39.8 Å². The molecular formula is C19H25N7O2. The quantitative estimate of drug-likeness (QED) is 0.573. The summed E-state index contributed by atoms with van der Waals surface area (Å²) in [6.45, 7) is 8.73. The minimum Gasteiger partial charge on any atom is -0.368 e. The Hall–Kier alpha value is -3.23. The lowest BCUT2D eigenvalue weighted by atomic mass is 10.1. The summed E-state index contributed by atoms with van der Waals surface area (Å²) in [5.41, 5.74) is 3.79. The van der Waals surface area contributed by atoms with Crippen LogP contribution >= 0.6 is 0 Å². The molecule has 0 aromatic carbocycles. The first kappa shape index (κ1) is 19.5. The standard InChI is InChI=1S/C19H25N7O2/c1-12-9-13(2)26(24-12)18-10-17(22-11-23-18)20-7-8-21-19(27)6-5-16-14(3)25-28-15(16)4/h9-11H,5-8H2,1-4H3,(H,21,27)(H,20,22,23). The van der Waals surface area contributed by atoms with E-state index in [4.69, 9.17) is 4.52 Å². The molecule has 3 heterocycles. The average molecular weight is 383 g/mol. The molecule has 0 aliphatic carbocycles. The summed E-state index contributed by atoms with van der Waals surface area (Å²) in [4.78, 5) is 20.5. The summed E-state index contributed by atoms with van der Waals surface area (Å²) in [6.07, 6.45) is 2.52. The number of anilines is 1. The average Bonchev–Trinajstić information content (AvgIpc) is 3.18. The van der Waals surface area contributed by atoms with Crippen LogP contribution in [0.2, 0.25) is 0 Å². The Labute approximate surface area is 163 Å². The molecule has 148 valence electrons. The van der Waals surface area contributed by atoms with Gasteiger partial charge in [0.15, 0.2) is 5.82 Å². The smallest absolute Gasteiger partial charge is 0.220 e. The fourth-order valence-corrected chi connectivity index (χ4v) is 3.00. The SMILES string of the molecule is Cc1cc(C)n(-c2cc(NCCNC(=O)CCc3c(C)noc3C)ncn2)n1. The molecule has 0 bridgehead atoms. The summed E-state index contributed by atoms with van der Waals surface area (Å²) >= 11 is 0. The normalized spacial score (nSPS) is 10.9. The lowest BCUT2D eigenvalue weighted by molar-refractivity contribution is -0.120. The van der Waals surface area contributed by atoms with Crippen molar-refractivity contribution in [3.63, 3.8) is 0 Å². The number of aromatic nitrogens is 5. The van der Waals surface area contributed by atoms with Gasteiger partial charge in [0, 0.05) is 36.8 Å². The first-order valence-corrected chi connectivity index (χ1v) is 9.22. The first-order chi connectivity index (χ1) is 13.4. The van der Waals surface area contributed by atoms with Crippen LogP contribution in [0.25, 0.3) is 5.82 Å². The van der Waals surface area contributed by atoms with Gasteiger partial charge in [0.25, 0.3) is 0 Å². The molecule has 0 saturated carbocycles. The zero-order valence-corrected chi connectivity index (χ0v) is 16.6. The maximum absolute atomic E-state index is 12.0. The lowest BCUT2D eigenvalue weighted by Gasteiger charge is -2.09. The Kier molecular flexibility index (Phi) is 6.03. The third kappa shape index (κ3) is 4.73. The Bertz CT molecular complexity index is 942. The largest absolute Gasteiger partial charge is 0.368 e. The van der Waals surface area contributed by atoms with Crippen LogP contribution in [0.3, 0.4) is 0 Å². The molecule has 28 heavy (non-hydrogen) atoms. The number of carbonyl (C=O) groups excluding carboxylic acids is 1. The fraction of sp³-hybridized carbons (Fsp3) is 0.421. The molecule has 0 fully saturated rings. The van der Waals surface area contributed by atoms with Crippen molar-refractivity contribution in [3.8, 4) is 5.82 Å². The molecule has 0 saturated heterocycles. The number of carbonyl (C=O) groups is 1. The van der Waals surface area contributed by atoms with Crippen LogP contribution in [0.1, 0.15) is 34.8 Å². The summed E-state index contributed by atoms with van der Waals surface area (Å²) in [5, 5.41) is 14.4. The molecular weight excluding hydrogens is 358 g/mol. The number of hydrogen-bond acceptors (Lipinski definition) is 7. The van der Waals surface area contributed by atoms with E-state index in [1.54, 1.807) is 4.68 Å². The molecule has 0 aliphatic heterocycles. The van der Waals surface area contributed by atoms with Gasteiger partial charge in [-0.25, -0.2) is 14.6 Å². The summed E-state index contributed by atoms with van der Waals surface area (Å²) < 4.78 is 6.89. The maximum Gasteiger partial charge on any atom is 0.220 e. The molecule has 0 radical (unpaired) electrons. The molecule has 9 nitrogen and oxygen atoms in total. The summed E-state index contributed by atoms with van der Waals surface area (Å²) in [7, 11) is 0. The zero-order valence-electron chi connectivity index (χ0n) is 16.6. The monoisotopic (exact) mass is 383 g/mol. The number of hydrogen-bond donors (Lipinski definition) is 2. The third-order valence-electron chi connectivity index (χ3n) is 4.42. The highest BCUT2D eigenvalue weighted by Crippen LogP contribution is 2.14. The van der Waals surface area contributed by atoms with Gasteiger partial charge in [0.1, 0.15) is 17.9 Å². The zero-order chi connectivity index (χ0) is 20.1. The minimum atomic E-state index is -0.00665. The molecule has 0 aliphatic rings.